The molecule has 0 spiro atoms. The first-order chi connectivity index (χ1) is 3.31. The van der Waals surface area contributed by atoms with Gasteiger partial charge in [0, 0.05) is 4.91 Å². The highest BCUT2D eigenvalue weighted by Crippen LogP contribution is 2.04. The Morgan fingerprint density at radius 3 is 2.71 bits per heavy atom. The average Bonchev–Trinajstić information content (AvgIpc) is 1.68. The second-order valence-electron chi connectivity index (χ2n) is 1.05. The van der Waals surface area contributed by atoms with Crippen molar-refractivity contribution < 1.29 is 0 Å². The van der Waals surface area contributed by atoms with E-state index in [9.17, 15) is 0 Å². The SMILES string of the molecule is CCC(Br)N=[N+]=[N-]. The average molecular weight is 164 g/mol. The highest BCUT2D eigenvalue weighted by molar-refractivity contribution is 9.09. The Balaban J connectivity index is 3.35. The number of nitrogens with zero attached hydrogens (tertiary/aromatic N) is 3. The van der Waals surface area contributed by atoms with Crippen molar-refractivity contribution in [3.63, 3.8) is 0 Å². The lowest BCUT2D eigenvalue weighted by atomic mass is 10.5. The van der Waals surface area contributed by atoms with Gasteiger partial charge in [-0.15, -0.1) is 0 Å². The van der Waals surface area contributed by atoms with Gasteiger partial charge in [0.1, 0.15) is 0 Å². The molecule has 7 heavy (non-hydrogen) atoms. The minimum atomic E-state index is -0.0301. The van der Waals surface area contributed by atoms with Crippen molar-refractivity contribution in [2.45, 2.75) is 18.3 Å². The number of halogens is 1. The molecule has 3 nitrogen and oxygen atoms in total. The summed E-state index contributed by atoms with van der Waals surface area (Å²) in [7, 11) is 0. The predicted molar refractivity (Wildman–Crippen MR) is 32.2 cm³/mol. The van der Waals surface area contributed by atoms with E-state index in [1.165, 1.54) is 0 Å². The Morgan fingerprint density at radius 2 is 2.57 bits per heavy atom. The smallest absolute Gasteiger partial charge is 0.0829 e. The van der Waals surface area contributed by atoms with E-state index in [-0.39, 0.29) is 4.95 Å². The number of hydrogen-bond donors (Lipinski definition) is 0. The van der Waals surface area contributed by atoms with Crippen LogP contribution in [0.1, 0.15) is 13.3 Å². The van der Waals surface area contributed by atoms with Gasteiger partial charge in [0.15, 0.2) is 0 Å². The summed E-state index contributed by atoms with van der Waals surface area (Å²) >= 11 is 3.12. The van der Waals surface area contributed by atoms with Crippen molar-refractivity contribution >= 4 is 15.9 Å². The van der Waals surface area contributed by atoms with Crippen molar-refractivity contribution in [1.82, 2.24) is 0 Å². The van der Waals surface area contributed by atoms with Gasteiger partial charge < -0.3 is 0 Å². The van der Waals surface area contributed by atoms with E-state index in [0.29, 0.717) is 0 Å². The highest BCUT2D eigenvalue weighted by Gasteiger charge is 1.90. The lowest BCUT2D eigenvalue weighted by molar-refractivity contribution is 0.874. The number of hydrogen-bond acceptors (Lipinski definition) is 1. The van der Waals surface area contributed by atoms with Crippen LogP contribution in [0.25, 0.3) is 10.4 Å². The van der Waals surface area contributed by atoms with Crippen LogP contribution in [0.5, 0.6) is 0 Å². The molecule has 1 atom stereocenters. The van der Waals surface area contributed by atoms with Crippen molar-refractivity contribution in [1.29, 1.82) is 0 Å². The molecule has 0 rings (SSSR count). The van der Waals surface area contributed by atoms with Crippen LogP contribution in [0, 0.1) is 0 Å². The van der Waals surface area contributed by atoms with Crippen LogP contribution in [-0.2, 0) is 0 Å². The maximum Gasteiger partial charge on any atom is 0.0928 e. The van der Waals surface area contributed by atoms with E-state index in [1.807, 2.05) is 6.92 Å². The van der Waals surface area contributed by atoms with Crippen LogP contribution in [0.15, 0.2) is 5.11 Å². The molecule has 0 fully saturated rings. The van der Waals surface area contributed by atoms with E-state index in [2.05, 4.69) is 26.0 Å². The minimum absolute atomic E-state index is 0.0301. The van der Waals surface area contributed by atoms with E-state index in [1.54, 1.807) is 0 Å². The van der Waals surface area contributed by atoms with Crippen molar-refractivity contribution in [3.05, 3.63) is 10.4 Å². The van der Waals surface area contributed by atoms with Crippen molar-refractivity contribution in [2.24, 2.45) is 5.11 Å². The second kappa shape index (κ2) is 3.96. The van der Waals surface area contributed by atoms with Gasteiger partial charge >= 0.3 is 0 Å². The van der Waals surface area contributed by atoms with Crippen molar-refractivity contribution in [2.75, 3.05) is 0 Å². The first-order valence-electron chi connectivity index (χ1n) is 1.99. The van der Waals surface area contributed by atoms with Crippen LogP contribution in [0.2, 0.25) is 0 Å². The van der Waals surface area contributed by atoms with E-state index in [4.69, 9.17) is 5.53 Å². The molecule has 40 valence electrons. The summed E-state index contributed by atoms with van der Waals surface area (Å²) in [6.07, 6.45) is 0.837. The Hall–Kier alpha value is -0.210. The molecule has 0 aliphatic carbocycles. The Bertz CT molecular complexity index is 86.2. The molecular formula is C3H6BrN3. The molecule has 0 aliphatic heterocycles. The third-order valence-corrected chi connectivity index (χ3v) is 1.34. The van der Waals surface area contributed by atoms with Gasteiger partial charge in [-0.1, -0.05) is 28.0 Å². The third-order valence-electron chi connectivity index (χ3n) is 0.514. The zero-order valence-electron chi connectivity index (χ0n) is 4.00. The van der Waals surface area contributed by atoms with Gasteiger partial charge in [0.25, 0.3) is 0 Å². The number of rotatable bonds is 2. The summed E-state index contributed by atoms with van der Waals surface area (Å²) in [6.45, 7) is 1.94. The van der Waals surface area contributed by atoms with Gasteiger partial charge in [0.2, 0.25) is 0 Å². The van der Waals surface area contributed by atoms with E-state index < -0.39 is 0 Å². The van der Waals surface area contributed by atoms with E-state index >= 15 is 0 Å². The summed E-state index contributed by atoms with van der Waals surface area (Å²) < 4.78 is 0. The van der Waals surface area contributed by atoms with Gasteiger partial charge in [0.05, 0.1) is 4.95 Å². The Morgan fingerprint density at radius 1 is 2.00 bits per heavy atom. The molecule has 0 amide bonds. The molecule has 4 heteroatoms. The molecule has 0 saturated carbocycles. The molecular weight excluding hydrogens is 158 g/mol. The molecule has 0 saturated heterocycles. The highest BCUT2D eigenvalue weighted by atomic mass is 79.9. The molecule has 0 aromatic carbocycles. The fourth-order valence-electron chi connectivity index (χ4n) is 0.138. The molecule has 0 N–H and O–H groups in total. The summed E-state index contributed by atoms with van der Waals surface area (Å²) in [6, 6.07) is 0. The lowest BCUT2D eigenvalue weighted by Crippen LogP contribution is -1.83. The van der Waals surface area contributed by atoms with Gasteiger partial charge in [-0.05, 0) is 12.0 Å². The quantitative estimate of drug-likeness (QED) is 0.198. The number of alkyl halides is 1. The molecule has 0 heterocycles. The van der Waals surface area contributed by atoms with Gasteiger partial charge in [-0.2, -0.15) is 0 Å². The summed E-state index contributed by atoms with van der Waals surface area (Å²) in [5.74, 6) is 0. The summed E-state index contributed by atoms with van der Waals surface area (Å²) in [5.41, 5.74) is 7.80. The van der Waals surface area contributed by atoms with Crippen molar-refractivity contribution in [3.8, 4) is 0 Å². The van der Waals surface area contributed by atoms with E-state index in [0.717, 1.165) is 6.42 Å². The Labute approximate surface area is 50.5 Å². The topological polar surface area (TPSA) is 48.8 Å². The zero-order valence-corrected chi connectivity index (χ0v) is 5.59. The second-order valence-corrected chi connectivity index (χ2v) is 2.10. The third kappa shape index (κ3) is 3.62. The Kier molecular flexibility index (Phi) is 3.84. The van der Waals surface area contributed by atoms with Gasteiger partial charge in [-0.3, -0.25) is 0 Å². The maximum absolute atomic E-state index is 7.80. The molecule has 0 radical (unpaired) electrons. The van der Waals surface area contributed by atoms with Crippen LogP contribution in [0.3, 0.4) is 0 Å². The van der Waals surface area contributed by atoms with Crippen LogP contribution in [-0.4, -0.2) is 4.95 Å². The molecule has 1 unspecified atom stereocenters. The van der Waals surface area contributed by atoms with Crippen LogP contribution < -0.4 is 0 Å². The molecule has 0 aromatic rings. The lowest BCUT2D eigenvalue weighted by Gasteiger charge is -1.89. The normalized spacial score (nSPS) is 12.3. The maximum atomic E-state index is 7.80. The van der Waals surface area contributed by atoms with Gasteiger partial charge in [-0.25, -0.2) is 0 Å². The zero-order chi connectivity index (χ0) is 5.70. The van der Waals surface area contributed by atoms with Crippen LogP contribution in [0.4, 0.5) is 0 Å². The standard InChI is InChI=1S/C3H6BrN3/c1-2-3(4)6-7-5/h3H,2H2,1H3. The monoisotopic (exact) mass is 163 g/mol. The molecule has 0 aliphatic rings. The first kappa shape index (κ1) is 6.79. The minimum Gasteiger partial charge on any atom is -0.0829 e. The summed E-state index contributed by atoms with van der Waals surface area (Å²) in [5, 5.41) is 3.34. The molecule has 0 aromatic heterocycles. The first-order valence-corrected chi connectivity index (χ1v) is 2.91. The fraction of sp³-hybridized carbons (Fsp3) is 1.00. The largest absolute Gasteiger partial charge is 0.0928 e. The van der Waals surface area contributed by atoms with Crippen LogP contribution >= 0.6 is 15.9 Å². The molecule has 0 bridgehead atoms. The fourth-order valence-corrected chi connectivity index (χ4v) is 0.220. The summed E-state index contributed by atoms with van der Waals surface area (Å²) in [4.78, 5) is 2.55. The number of azide groups is 1. The predicted octanol–water partition coefficient (Wildman–Crippen LogP) is 2.43.